The molecule has 0 fully saturated rings. The molecule has 0 bridgehead atoms. The minimum Gasteiger partial charge on any atom is -0.467 e. The van der Waals surface area contributed by atoms with E-state index in [1.54, 1.807) is 12.1 Å². The lowest BCUT2D eigenvalue weighted by molar-refractivity contribution is -0.143. The van der Waals surface area contributed by atoms with E-state index >= 15 is 0 Å². The average Bonchev–Trinajstić information content (AvgIpc) is 2.59. The lowest BCUT2D eigenvalue weighted by Crippen LogP contribution is -2.41. The lowest BCUT2D eigenvalue weighted by Gasteiger charge is -2.17. The molecule has 0 unspecified atom stereocenters. The molecule has 0 saturated heterocycles. The van der Waals surface area contributed by atoms with Crippen LogP contribution in [0.5, 0.6) is 0 Å². The number of fused-ring (bicyclic) bond motifs is 1. The highest BCUT2D eigenvalue weighted by Gasteiger charge is 2.22. The number of methoxy groups -OCH3 is 1. The third kappa shape index (κ3) is 4.19. The lowest BCUT2D eigenvalue weighted by atomic mass is 10.0. The summed E-state index contributed by atoms with van der Waals surface area (Å²) in [5.74, 6) is -0.696. The number of amides is 1. The van der Waals surface area contributed by atoms with E-state index in [-0.39, 0.29) is 5.91 Å². The fourth-order valence-corrected chi connectivity index (χ4v) is 2.52. The predicted molar refractivity (Wildman–Crippen MR) is 91.3 cm³/mol. The van der Waals surface area contributed by atoms with Crippen LogP contribution in [0, 0.1) is 0 Å². The van der Waals surface area contributed by atoms with Gasteiger partial charge in [-0.2, -0.15) is 0 Å². The standard InChI is InChI=1S/C19H21NO3/c1-3-4-5-13-17(19(22)23-2)20-18(21)16-12-8-10-14-9-6-7-11-15(14)16/h3,6-12,17H,1,4-5,13H2,2H3,(H,20,21)/t17-/m1/s1. The maximum absolute atomic E-state index is 12.6. The van der Waals surface area contributed by atoms with Crippen LogP contribution in [0.2, 0.25) is 0 Å². The number of unbranched alkanes of at least 4 members (excludes halogenated alkanes) is 1. The first-order valence-corrected chi connectivity index (χ1v) is 7.64. The van der Waals surface area contributed by atoms with E-state index in [0.717, 1.165) is 23.6 Å². The Balaban J connectivity index is 2.19. The smallest absolute Gasteiger partial charge is 0.328 e. The number of esters is 1. The molecule has 2 rings (SSSR count). The zero-order valence-electron chi connectivity index (χ0n) is 13.2. The van der Waals surface area contributed by atoms with Crippen molar-refractivity contribution in [2.45, 2.75) is 25.3 Å². The Hall–Kier alpha value is -2.62. The van der Waals surface area contributed by atoms with Crippen LogP contribution in [0.4, 0.5) is 0 Å². The fraction of sp³-hybridized carbons (Fsp3) is 0.263. The zero-order chi connectivity index (χ0) is 16.7. The molecule has 0 saturated carbocycles. The summed E-state index contributed by atoms with van der Waals surface area (Å²) in [6, 6.07) is 12.6. The molecule has 1 amide bonds. The van der Waals surface area contributed by atoms with Crippen molar-refractivity contribution in [2.75, 3.05) is 7.11 Å². The summed E-state index contributed by atoms with van der Waals surface area (Å²) in [5, 5.41) is 4.64. The third-order valence-corrected chi connectivity index (χ3v) is 3.73. The molecule has 1 N–H and O–H groups in total. The van der Waals surface area contributed by atoms with Crippen molar-refractivity contribution < 1.29 is 14.3 Å². The van der Waals surface area contributed by atoms with Crippen molar-refractivity contribution in [1.82, 2.24) is 5.32 Å². The molecule has 1 atom stereocenters. The van der Waals surface area contributed by atoms with Crippen molar-refractivity contribution >= 4 is 22.6 Å². The second-order valence-corrected chi connectivity index (χ2v) is 5.30. The van der Waals surface area contributed by atoms with Gasteiger partial charge in [0.2, 0.25) is 0 Å². The number of nitrogens with one attached hydrogen (secondary N) is 1. The molecule has 23 heavy (non-hydrogen) atoms. The normalized spacial score (nSPS) is 11.7. The number of carbonyl (C=O) groups is 2. The minimum atomic E-state index is -0.647. The number of hydrogen-bond acceptors (Lipinski definition) is 3. The average molecular weight is 311 g/mol. The predicted octanol–water partition coefficient (Wildman–Crippen LogP) is 3.47. The van der Waals surface area contributed by atoms with Gasteiger partial charge in [-0.3, -0.25) is 4.79 Å². The highest BCUT2D eigenvalue weighted by Crippen LogP contribution is 2.18. The molecular weight excluding hydrogens is 290 g/mol. The molecule has 0 aliphatic heterocycles. The maximum Gasteiger partial charge on any atom is 0.328 e. The molecule has 0 aliphatic rings. The first-order chi connectivity index (χ1) is 11.2. The van der Waals surface area contributed by atoms with Crippen LogP contribution < -0.4 is 5.32 Å². The number of hydrogen-bond donors (Lipinski definition) is 1. The molecule has 0 aromatic heterocycles. The highest BCUT2D eigenvalue weighted by atomic mass is 16.5. The topological polar surface area (TPSA) is 55.4 Å². The Labute approximate surface area is 136 Å². The van der Waals surface area contributed by atoms with Gasteiger partial charge in [0.25, 0.3) is 5.91 Å². The molecular formula is C19H21NO3. The summed E-state index contributed by atoms with van der Waals surface area (Å²) in [6.45, 7) is 3.66. The van der Waals surface area contributed by atoms with Crippen LogP contribution in [0.3, 0.4) is 0 Å². The van der Waals surface area contributed by atoms with Crippen molar-refractivity contribution in [1.29, 1.82) is 0 Å². The second-order valence-electron chi connectivity index (χ2n) is 5.30. The second kappa shape index (κ2) is 8.13. The molecule has 4 heteroatoms. The SMILES string of the molecule is C=CCCC[C@@H](NC(=O)c1cccc2ccccc12)C(=O)OC. The van der Waals surface area contributed by atoms with Gasteiger partial charge < -0.3 is 10.1 Å². The molecule has 0 heterocycles. The van der Waals surface area contributed by atoms with E-state index in [1.165, 1.54) is 7.11 Å². The summed E-state index contributed by atoms with van der Waals surface area (Å²) in [4.78, 5) is 24.5. The van der Waals surface area contributed by atoms with Crippen molar-refractivity contribution in [3.05, 3.63) is 60.7 Å². The summed E-state index contributed by atoms with van der Waals surface area (Å²) in [5.41, 5.74) is 0.556. The Kier molecular flexibility index (Phi) is 5.92. The number of allylic oxidation sites excluding steroid dienone is 1. The van der Waals surface area contributed by atoms with Gasteiger partial charge in [0.1, 0.15) is 6.04 Å². The zero-order valence-corrected chi connectivity index (χ0v) is 13.2. The summed E-state index contributed by atoms with van der Waals surface area (Å²) < 4.78 is 4.79. The van der Waals surface area contributed by atoms with Crippen LogP contribution in [-0.4, -0.2) is 25.0 Å². The van der Waals surface area contributed by atoms with Crippen LogP contribution >= 0.6 is 0 Å². The molecule has 0 radical (unpaired) electrons. The highest BCUT2D eigenvalue weighted by molar-refractivity contribution is 6.07. The number of carbonyl (C=O) groups excluding carboxylic acids is 2. The van der Waals surface area contributed by atoms with Gasteiger partial charge in [0.05, 0.1) is 7.11 Å². The Morgan fingerprint density at radius 2 is 1.96 bits per heavy atom. The van der Waals surface area contributed by atoms with Crippen molar-refractivity contribution in [3.63, 3.8) is 0 Å². The van der Waals surface area contributed by atoms with Gasteiger partial charge in [0, 0.05) is 5.56 Å². The number of rotatable bonds is 7. The van der Waals surface area contributed by atoms with E-state index < -0.39 is 12.0 Å². The van der Waals surface area contributed by atoms with Gasteiger partial charge in [-0.25, -0.2) is 4.79 Å². The van der Waals surface area contributed by atoms with Crippen LogP contribution in [0.15, 0.2) is 55.1 Å². The molecule has 0 spiro atoms. The first kappa shape index (κ1) is 16.7. The van der Waals surface area contributed by atoms with Gasteiger partial charge in [0.15, 0.2) is 0 Å². The quantitative estimate of drug-likeness (QED) is 0.484. The van der Waals surface area contributed by atoms with Gasteiger partial charge in [-0.15, -0.1) is 6.58 Å². The molecule has 120 valence electrons. The summed E-state index contributed by atoms with van der Waals surface area (Å²) in [6.07, 6.45) is 3.87. The first-order valence-electron chi connectivity index (χ1n) is 7.64. The summed E-state index contributed by atoms with van der Waals surface area (Å²) in [7, 11) is 1.33. The van der Waals surface area contributed by atoms with Gasteiger partial charge >= 0.3 is 5.97 Å². The molecule has 0 aliphatic carbocycles. The van der Waals surface area contributed by atoms with E-state index in [4.69, 9.17) is 4.74 Å². The van der Waals surface area contributed by atoms with Crippen LogP contribution in [-0.2, 0) is 9.53 Å². The number of ether oxygens (including phenoxy) is 1. The van der Waals surface area contributed by atoms with Gasteiger partial charge in [-0.1, -0.05) is 42.5 Å². The molecule has 2 aromatic carbocycles. The largest absolute Gasteiger partial charge is 0.467 e. The monoisotopic (exact) mass is 311 g/mol. The van der Waals surface area contributed by atoms with Crippen LogP contribution in [0.25, 0.3) is 10.8 Å². The molecule has 2 aromatic rings. The summed E-state index contributed by atoms with van der Waals surface area (Å²) >= 11 is 0. The van der Waals surface area contributed by atoms with E-state index in [0.29, 0.717) is 12.0 Å². The van der Waals surface area contributed by atoms with Gasteiger partial charge in [-0.05, 0) is 36.1 Å². The Bertz CT molecular complexity index is 703. The van der Waals surface area contributed by atoms with E-state index in [2.05, 4.69) is 11.9 Å². The minimum absolute atomic E-state index is 0.268. The maximum atomic E-state index is 12.6. The Morgan fingerprint density at radius 3 is 2.70 bits per heavy atom. The number of benzene rings is 2. The van der Waals surface area contributed by atoms with Crippen LogP contribution in [0.1, 0.15) is 29.6 Å². The third-order valence-electron chi connectivity index (χ3n) is 3.73. The van der Waals surface area contributed by atoms with Crippen molar-refractivity contribution in [3.8, 4) is 0 Å². The Morgan fingerprint density at radius 1 is 1.22 bits per heavy atom. The van der Waals surface area contributed by atoms with Crippen molar-refractivity contribution in [2.24, 2.45) is 0 Å². The van der Waals surface area contributed by atoms with E-state index in [1.807, 2.05) is 36.4 Å². The fourth-order valence-electron chi connectivity index (χ4n) is 2.52. The van der Waals surface area contributed by atoms with E-state index in [9.17, 15) is 9.59 Å². The molecule has 4 nitrogen and oxygen atoms in total.